The van der Waals surface area contributed by atoms with Gasteiger partial charge < -0.3 is 15.0 Å². The van der Waals surface area contributed by atoms with Crippen LogP contribution in [-0.2, 0) is 0 Å². The van der Waals surface area contributed by atoms with E-state index < -0.39 is 0 Å². The minimum atomic E-state index is 0.791. The number of H-pyrrole nitrogens is 1. The number of hydrogen-bond donors (Lipinski definition) is 2. The van der Waals surface area contributed by atoms with Crippen molar-refractivity contribution in [2.45, 2.75) is 0 Å². The summed E-state index contributed by atoms with van der Waals surface area (Å²) in [7, 11) is 1.67. The fraction of sp³-hybridized carbons (Fsp3) is 0.0435. The Morgan fingerprint density at radius 3 is 2.68 bits per heavy atom. The number of anilines is 2. The molecule has 28 heavy (non-hydrogen) atoms. The van der Waals surface area contributed by atoms with Gasteiger partial charge in [0.05, 0.1) is 29.2 Å². The first-order valence-corrected chi connectivity index (χ1v) is 9.06. The number of ether oxygens (including phenoxy) is 1. The number of imidazole rings is 1. The summed E-state index contributed by atoms with van der Waals surface area (Å²) in [6.45, 7) is 0. The highest BCUT2D eigenvalue weighted by Gasteiger charge is 2.11. The maximum Gasteiger partial charge on any atom is 0.142 e. The topological polar surface area (TPSA) is 62.8 Å². The molecule has 0 saturated carbocycles. The molecule has 136 valence electrons. The number of para-hydroxylation sites is 2. The van der Waals surface area contributed by atoms with Gasteiger partial charge in [0.1, 0.15) is 11.6 Å². The van der Waals surface area contributed by atoms with E-state index in [9.17, 15) is 0 Å². The number of aromatic nitrogens is 3. The first-order valence-electron chi connectivity index (χ1n) is 9.06. The van der Waals surface area contributed by atoms with Gasteiger partial charge >= 0.3 is 0 Å². The van der Waals surface area contributed by atoms with Gasteiger partial charge in [-0.3, -0.25) is 4.98 Å². The lowest BCUT2D eigenvalue weighted by Crippen LogP contribution is -1.92. The summed E-state index contributed by atoms with van der Waals surface area (Å²) in [4.78, 5) is 12.5. The molecule has 5 aromatic rings. The van der Waals surface area contributed by atoms with Gasteiger partial charge in [-0.15, -0.1) is 0 Å². The van der Waals surface area contributed by atoms with E-state index in [0.29, 0.717) is 0 Å². The zero-order chi connectivity index (χ0) is 18.9. The van der Waals surface area contributed by atoms with Gasteiger partial charge in [-0.25, -0.2) is 4.98 Å². The summed E-state index contributed by atoms with van der Waals surface area (Å²) < 4.78 is 5.46. The van der Waals surface area contributed by atoms with Gasteiger partial charge in [-0.2, -0.15) is 0 Å². The summed E-state index contributed by atoms with van der Waals surface area (Å²) in [5, 5.41) is 4.59. The maximum atomic E-state index is 5.46. The van der Waals surface area contributed by atoms with Crippen molar-refractivity contribution < 1.29 is 4.74 Å². The number of hydrogen-bond acceptors (Lipinski definition) is 4. The van der Waals surface area contributed by atoms with Crippen LogP contribution in [0.4, 0.5) is 11.4 Å². The largest absolute Gasteiger partial charge is 0.496 e. The minimum absolute atomic E-state index is 0.791. The van der Waals surface area contributed by atoms with Gasteiger partial charge in [0.15, 0.2) is 0 Å². The first-order chi connectivity index (χ1) is 13.8. The maximum absolute atomic E-state index is 5.46. The van der Waals surface area contributed by atoms with E-state index in [1.54, 1.807) is 7.11 Å². The zero-order valence-electron chi connectivity index (χ0n) is 15.3. The number of aromatic amines is 1. The van der Waals surface area contributed by atoms with Crippen molar-refractivity contribution >= 4 is 33.3 Å². The van der Waals surface area contributed by atoms with Crippen LogP contribution in [0.25, 0.3) is 33.3 Å². The summed E-state index contributed by atoms with van der Waals surface area (Å²) in [6, 6.07) is 24.1. The fourth-order valence-corrected chi connectivity index (χ4v) is 3.42. The second kappa shape index (κ2) is 6.70. The molecule has 0 bridgehead atoms. The van der Waals surface area contributed by atoms with E-state index in [0.717, 1.165) is 50.4 Å². The number of benzene rings is 3. The number of rotatable bonds is 4. The molecule has 0 amide bonds. The Labute approximate surface area is 162 Å². The Bertz CT molecular complexity index is 1290. The lowest BCUT2D eigenvalue weighted by molar-refractivity contribution is 0.416. The van der Waals surface area contributed by atoms with Crippen LogP contribution in [0, 0.1) is 0 Å². The van der Waals surface area contributed by atoms with E-state index in [4.69, 9.17) is 9.72 Å². The number of fused-ring (bicyclic) bond motifs is 2. The van der Waals surface area contributed by atoms with Crippen molar-refractivity contribution in [3.05, 3.63) is 79.0 Å². The Kier molecular flexibility index (Phi) is 3.91. The molecule has 3 aromatic carbocycles. The van der Waals surface area contributed by atoms with Gasteiger partial charge in [0.2, 0.25) is 0 Å². The van der Waals surface area contributed by atoms with Crippen molar-refractivity contribution in [3.63, 3.8) is 0 Å². The van der Waals surface area contributed by atoms with Crippen LogP contribution in [0.5, 0.6) is 5.75 Å². The molecule has 0 spiro atoms. The third kappa shape index (κ3) is 2.83. The van der Waals surface area contributed by atoms with Crippen molar-refractivity contribution in [2.75, 3.05) is 12.4 Å². The van der Waals surface area contributed by atoms with E-state index in [-0.39, 0.29) is 0 Å². The molecule has 0 aliphatic heterocycles. The molecule has 2 heterocycles. The van der Waals surface area contributed by atoms with Crippen LogP contribution in [0.1, 0.15) is 0 Å². The van der Waals surface area contributed by atoms with Crippen molar-refractivity contribution in [1.29, 1.82) is 0 Å². The fourth-order valence-electron chi connectivity index (χ4n) is 3.42. The van der Waals surface area contributed by atoms with Crippen molar-refractivity contribution in [3.8, 4) is 17.1 Å². The average molecular weight is 366 g/mol. The molecule has 0 unspecified atom stereocenters. The Morgan fingerprint density at radius 1 is 0.893 bits per heavy atom. The summed E-state index contributed by atoms with van der Waals surface area (Å²) in [6.07, 6.45) is 1.82. The standard InChI is InChI=1S/C23H18N4O/c1-28-22-9-5-3-7-17(22)23-26-20-11-10-15(14-21(20)27-23)25-19-12-13-24-18-8-4-2-6-16(18)19/h2-14H,1H3,(H,24,25)(H,26,27). The molecular weight excluding hydrogens is 348 g/mol. The zero-order valence-corrected chi connectivity index (χ0v) is 15.3. The number of nitrogens with zero attached hydrogens (tertiary/aromatic N) is 2. The predicted molar refractivity (Wildman–Crippen MR) is 113 cm³/mol. The second-order valence-corrected chi connectivity index (χ2v) is 6.52. The highest BCUT2D eigenvalue weighted by Crippen LogP contribution is 2.31. The normalized spacial score (nSPS) is 11.0. The lowest BCUT2D eigenvalue weighted by Gasteiger charge is -2.09. The Hall–Kier alpha value is -3.86. The SMILES string of the molecule is COc1ccccc1-c1nc2ccc(Nc3ccnc4ccccc34)cc2[nH]1. The third-order valence-electron chi connectivity index (χ3n) is 4.77. The predicted octanol–water partition coefficient (Wildman–Crippen LogP) is 5.53. The monoisotopic (exact) mass is 366 g/mol. The number of methoxy groups -OCH3 is 1. The molecule has 0 radical (unpaired) electrons. The quantitative estimate of drug-likeness (QED) is 0.439. The summed E-state index contributed by atoms with van der Waals surface area (Å²) in [5.41, 5.74) is 5.79. The van der Waals surface area contributed by atoms with E-state index in [1.165, 1.54) is 0 Å². The molecule has 0 aliphatic rings. The van der Waals surface area contributed by atoms with Crippen LogP contribution in [-0.4, -0.2) is 22.1 Å². The molecule has 2 aromatic heterocycles. The number of pyridine rings is 1. The molecule has 0 atom stereocenters. The summed E-state index contributed by atoms with van der Waals surface area (Å²) in [5.74, 6) is 1.59. The van der Waals surface area contributed by atoms with Crippen molar-refractivity contribution in [2.24, 2.45) is 0 Å². The molecule has 5 heteroatoms. The van der Waals surface area contributed by atoms with Gasteiger partial charge in [0.25, 0.3) is 0 Å². The van der Waals surface area contributed by atoms with Crippen LogP contribution in [0.2, 0.25) is 0 Å². The minimum Gasteiger partial charge on any atom is -0.496 e. The van der Waals surface area contributed by atoms with Gasteiger partial charge in [-0.05, 0) is 42.5 Å². The number of nitrogens with one attached hydrogen (secondary N) is 2. The summed E-state index contributed by atoms with van der Waals surface area (Å²) >= 11 is 0. The van der Waals surface area contributed by atoms with E-state index >= 15 is 0 Å². The van der Waals surface area contributed by atoms with Gasteiger partial charge in [0, 0.05) is 23.0 Å². The molecular formula is C23H18N4O. The lowest BCUT2D eigenvalue weighted by atomic mass is 10.2. The Balaban J connectivity index is 1.53. The van der Waals surface area contributed by atoms with Crippen molar-refractivity contribution in [1.82, 2.24) is 15.0 Å². The molecule has 5 nitrogen and oxygen atoms in total. The van der Waals surface area contributed by atoms with Crippen LogP contribution in [0.15, 0.2) is 79.0 Å². The molecule has 0 aliphatic carbocycles. The van der Waals surface area contributed by atoms with Crippen LogP contribution >= 0.6 is 0 Å². The molecule has 0 saturated heterocycles. The van der Waals surface area contributed by atoms with E-state index in [1.807, 2.05) is 66.9 Å². The smallest absolute Gasteiger partial charge is 0.142 e. The second-order valence-electron chi connectivity index (χ2n) is 6.52. The van der Waals surface area contributed by atoms with Crippen LogP contribution < -0.4 is 10.1 Å². The first kappa shape index (κ1) is 16.3. The Morgan fingerprint density at radius 2 is 1.75 bits per heavy atom. The molecule has 2 N–H and O–H groups in total. The molecule has 5 rings (SSSR count). The third-order valence-corrected chi connectivity index (χ3v) is 4.77. The average Bonchev–Trinajstić information content (AvgIpc) is 3.17. The van der Waals surface area contributed by atoms with Crippen LogP contribution in [0.3, 0.4) is 0 Å². The van der Waals surface area contributed by atoms with Gasteiger partial charge in [-0.1, -0.05) is 30.3 Å². The highest BCUT2D eigenvalue weighted by molar-refractivity contribution is 5.93. The molecule has 0 fully saturated rings. The highest BCUT2D eigenvalue weighted by atomic mass is 16.5. The van der Waals surface area contributed by atoms with E-state index in [2.05, 4.69) is 27.4 Å².